The summed E-state index contributed by atoms with van der Waals surface area (Å²) in [6.07, 6.45) is 0.695. The molecule has 0 unspecified atom stereocenters. The fourth-order valence-corrected chi connectivity index (χ4v) is 1.26. The van der Waals surface area contributed by atoms with Crippen LogP contribution in [0.25, 0.3) is 0 Å². The van der Waals surface area contributed by atoms with E-state index in [0.717, 1.165) is 17.1 Å². The van der Waals surface area contributed by atoms with E-state index in [1.54, 1.807) is 0 Å². The van der Waals surface area contributed by atoms with Crippen molar-refractivity contribution in [2.45, 2.75) is 20.3 Å². The summed E-state index contributed by atoms with van der Waals surface area (Å²) in [6, 6.07) is 0. The van der Waals surface area contributed by atoms with E-state index < -0.39 is 0 Å². The Morgan fingerprint density at radius 2 is 2.07 bits per heavy atom. The Labute approximate surface area is 88.3 Å². The Morgan fingerprint density at radius 3 is 2.71 bits per heavy atom. The molecular formula is C9H14ClN3O. The first-order valence-electron chi connectivity index (χ1n) is 4.50. The highest BCUT2D eigenvalue weighted by atomic mass is 35.5. The van der Waals surface area contributed by atoms with Crippen LogP contribution in [0.3, 0.4) is 0 Å². The molecule has 0 aliphatic carbocycles. The third-order valence-electron chi connectivity index (χ3n) is 1.99. The van der Waals surface area contributed by atoms with Crippen molar-refractivity contribution in [1.82, 2.24) is 9.97 Å². The van der Waals surface area contributed by atoms with Gasteiger partial charge in [-0.2, -0.15) is 0 Å². The maximum Gasteiger partial charge on any atom is 0.224 e. The number of rotatable bonds is 4. The number of nitrogens with zero attached hydrogens (tertiary/aromatic N) is 2. The van der Waals surface area contributed by atoms with Crippen molar-refractivity contribution < 1.29 is 5.11 Å². The van der Waals surface area contributed by atoms with Crippen LogP contribution < -0.4 is 5.32 Å². The number of anilines is 1. The van der Waals surface area contributed by atoms with Gasteiger partial charge in [-0.3, -0.25) is 0 Å². The second kappa shape index (κ2) is 5.12. The number of hydrogen-bond donors (Lipinski definition) is 2. The van der Waals surface area contributed by atoms with Gasteiger partial charge in [0, 0.05) is 24.4 Å². The van der Waals surface area contributed by atoms with Gasteiger partial charge in [0.05, 0.1) is 0 Å². The number of hydrogen-bond acceptors (Lipinski definition) is 4. The van der Waals surface area contributed by atoms with Gasteiger partial charge in [-0.1, -0.05) is 0 Å². The molecular weight excluding hydrogens is 202 g/mol. The SMILES string of the molecule is Cc1nc(Cl)nc(NCCCO)c1C. The zero-order valence-corrected chi connectivity index (χ0v) is 9.10. The van der Waals surface area contributed by atoms with Crippen LogP contribution in [-0.2, 0) is 0 Å². The zero-order chi connectivity index (χ0) is 10.6. The minimum atomic E-state index is 0.170. The van der Waals surface area contributed by atoms with Crippen LogP contribution in [0.15, 0.2) is 0 Å². The van der Waals surface area contributed by atoms with Gasteiger partial charge in [0.2, 0.25) is 5.28 Å². The summed E-state index contributed by atoms with van der Waals surface area (Å²) in [5.74, 6) is 0.746. The third-order valence-corrected chi connectivity index (χ3v) is 2.16. The highest BCUT2D eigenvalue weighted by Crippen LogP contribution is 2.16. The van der Waals surface area contributed by atoms with Crippen molar-refractivity contribution in [3.8, 4) is 0 Å². The summed E-state index contributed by atoms with van der Waals surface area (Å²) in [7, 11) is 0. The Bertz CT molecular complexity index is 317. The highest BCUT2D eigenvalue weighted by molar-refractivity contribution is 6.28. The lowest BCUT2D eigenvalue weighted by atomic mass is 10.2. The summed E-state index contributed by atoms with van der Waals surface area (Å²) in [6.45, 7) is 4.68. The predicted molar refractivity (Wildman–Crippen MR) is 56.7 cm³/mol. The van der Waals surface area contributed by atoms with Crippen LogP contribution in [0, 0.1) is 13.8 Å². The van der Waals surface area contributed by atoms with Gasteiger partial charge >= 0.3 is 0 Å². The molecule has 78 valence electrons. The maximum atomic E-state index is 8.62. The Hall–Kier alpha value is -0.870. The number of aryl methyl sites for hydroxylation is 1. The van der Waals surface area contributed by atoms with Crippen molar-refractivity contribution in [3.05, 3.63) is 16.5 Å². The van der Waals surface area contributed by atoms with E-state index in [1.807, 2.05) is 13.8 Å². The van der Waals surface area contributed by atoms with Crippen molar-refractivity contribution in [3.63, 3.8) is 0 Å². The fraction of sp³-hybridized carbons (Fsp3) is 0.556. The largest absolute Gasteiger partial charge is 0.396 e. The molecule has 0 saturated heterocycles. The first kappa shape index (κ1) is 11.2. The normalized spacial score (nSPS) is 10.3. The van der Waals surface area contributed by atoms with Crippen molar-refractivity contribution in [1.29, 1.82) is 0 Å². The molecule has 0 aliphatic heterocycles. The molecule has 0 amide bonds. The van der Waals surface area contributed by atoms with Crippen LogP contribution in [0.5, 0.6) is 0 Å². The molecule has 0 saturated carbocycles. The number of aromatic nitrogens is 2. The van der Waals surface area contributed by atoms with E-state index >= 15 is 0 Å². The van der Waals surface area contributed by atoms with E-state index in [2.05, 4.69) is 15.3 Å². The zero-order valence-electron chi connectivity index (χ0n) is 8.34. The quantitative estimate of drug-likeness (QED) is 0.591. The highest BCUT2D eigenvalue weighted by Gasteiger charge is 2.05. The minimum absolute atomic E-state index is 0.170. The average Bonchev–Trinajstić information content (AvgIpc) is 2.13. The van der Waals surface area contributed by atoms with Crippen LogP contribution >= 0.6 is 11.6 Å². The lowest BCUT2D eigenvalue weighted by Crippen LogP contribution is -2.08. The number of aliphatic hydroxyl groups is 1. The molecule has 0 aliphatic rings. The topological polar surface area (TPSA) is 58.0 Å². The molecule has 14 heavy (non-hydrogen) atoms. The van der Waals surface area contributed by atoms with Gasteiger partial charge in [-0.25, -0.2) is 9.97 Å². The van der Waals surface area contributed by atoms with Gasteiger partial charge in [0.15, 0.2) is 0 Å². The maximum absolute atomic E-state index is 8.62. The summed E-state index contributed by atoms with van der Waals surface area (Å²) < 4.78 is 0. The van der Waals surface area contributed by atoms with Gasteiger partial charge in [-0.15, -0.1) is 0 Å². The molecule has 0 spiro atoms. The monoisotopic (exact) mass is 215 g/mol. The standard InChI is InChI=1S/C9H14ClN3O/c1-6-7(2)12-9(10)13-8(6)11-4-3-5-14/h14H,3-5H2,1-2H3,(H,11,12,13). The van der Waals surface area contributed by atoms with Crippen LogP contribution in [0.1, 0.15) is 17.7 Å². The molecule has 1 rings (SSSR count). The first-order chi connectivity index (χ1) is 6.65. The van der Waals surface area contributed by atoms with Crippen LogP contribution in [0.2, 0.25) is 5.28 Å². The summed E-state index contributed by atoms with van der Waals surface area (Å²) in [5.41, 5.74) is 1.86. The van der Waals surface area contributed by atoms with E-state index in [1.165, 1.54) is 0 Å². The van der Waals surface area contributed by atoms with Gasteiger partial charge < -0.3 is 10.4 Å². The Balaban J connectivity index is 2.75. The minimum Gasteiger partial charge on any atom is -0.396 e. The van der Waals surface area contributed by atoms with Crippen molar-refractivity contribution >= 4 is 17.4 Å². The lowest BCUT2D eigenvalue weighted by molar-refractivity contribution is 0.292. The number of nitrogens with one attached hydrogen (secondary N) is 1. The molecule has 0 bridgehead atoms. The molecule has 0 atom stereocenters. The Morgan fingerprint density at radius 1 is 1.36 bits per heavy atom. The fourth-order valence-electron chi connectivity index (χ4n) is 1.05. The molecule has 2 N–H and O–H groups in total. The van der Waals surface area contributed by atoms with Gasteiger partial charge in [0.25, 0.3) is 0 Å². The molecule has 0 fully saturated rings. The first-order valence-corrected chi connectivity index (χ1v) is 4.88. The second-order valence-electron chi connectivity index (χ2n) is 3.06. The molecule has 1 aromatic rings. The molecule has 0 aromatic carbocycles. The number of aliphatic hydroxyl groups excluding tert-OH is 1. The van der Waals surface area contributed by atoms with Gasteiger partial charge in [-0.05, 0) is 31.9 Å². The van der Waals surface area contributed by atoms with Gasteiger partial charge in [0.1, 0.15) is 5.82 Å². The van der Waals surface area contributed by atoms with E-state index in [4.69, 9.17) is 16.7 Å². The number of halogens is 1. The molecule has 4 nitrogen and oxygen atoms in total. The average molecular weight is 216 g/mol. The van der Waals surface area contributed by atoms with E-state index in [-0.39, 0.29) is 11.9 Å². The molecule has 5 heteroatoms. The molecule has 0 radical (unpaired) electrons. The third kappa shape index (κ3) is 2.82. The van der Waals surface area contributed by atoms with E-state index in [0.29, 0.717) is 13.0 Å². The van der Waals surface area contributed by atoms with E-state index in [9.17, 15) is 0 Å². The van der Waals surface area contributed by atoms with Crippen molar-refractivity contribution in [2.24, 2.45) is 0 Å². The predicted octanol–water partition coefficient (Wildman–Crippen LogP) is 1.54. The molecule has 1 aromatic heterocycles. The molecule has 1 heterocycles. The summed E-state index contributed by atoms with van der Waals surface area (Å²) >= 11 is 5.72. The second-order valence-corrected chi connectivity index (χ2v) is 3.39. The lowest BCUT2D eigenvalue weighted by Gasteiger charge is -2.09. The summed E-state index contributed by atoms with van der Waals surface area (Å²) in [4.78, 5) is 8.09. The summed E-state index contributed by atoms with van der Waals surface area (Å²) in [5, 5.41) is 12.0. The van der Waals surface area contributed by atoms with Crippen LogP contribution in [-0.4, -0.2) is 28.2 Å². The smallest absolute Gasteiger partial charge is 0.224 e. The van der Waals surface area contributed by atoms with Crippen LogP contribution in [0.4, 0.5) is 5.82 Å². The van der Waals surface area contributed by atoms with Crippen molar-refractivity contribution in [2.75, 3.05) is 18.5 Å². The Kier molecular flexibility index (Phi) is 4.10.